The molecule has 0 aliphatic carbocycles. The highest BCUT2D eigenvalue weighted by Crippen LogP contribution is 2.33. The Hall–Kier alpha value is -2.50. The molecule has 6 heteroatoms. The number of benzene rings is 1. The number of carbonyl (C=O) groups excluding carboxylic acids is 2. The molecule has 134 valence electrons. The Balaban J connectivity index is 1.68. The molecule has 0 bridgehead atoms. The number of rotatable bonds is 3. The van der Waals surface area contributed by atoms with Crippen LogP contribution in [0.2, 0.25) is 0 Å². The van der Waals surface area contributed by atoms with Crippen molar-refractivity contribution < 1.29 is 14.3 Å². The van der Waals surface area contributed by atoms with Crippen LogP contribution in [-0.2, 0) is 4.79 Å². The van der Waals surface area contributed by atoms with Gasteiger partial charge in [-0.05, 0) is 44.4 Å². The molecule has 0 unspecified atom stereocenters. The molecule has 1 aromatic carbocycles. The first kappa shape index (κ1) is 17.3. The average molecular weight is 343 g/mol. The molecule has 3 amide bonds. The Labute approximate surface area is 148 Å². The monoisotopic (exact) mass is 343 g/mol. The Morgan fingerprint density at radius 1 is 1.48 bits per heavy atom. The third-order valence-electron chi connectivity index (χ3n) is 4.76. The zero-order chi connectivity index (χ0) is 18.0. The highest BCUT2D eigenvalue weighted by Gasteiger charge is 2.27. The van der Waals surface area contributed by atoms with Crippen LogP contribution in [0.4, 0.5) is 10.5 Å². The minimum absolute atomic E-state index is 0.0605. The summed E-state index contributed by atoms with van der Waals surface area (Å²) in [6.45, 7) is 7.35. The summed E-state index contributed by atoms with van der Waals surface area (Å²) in [5, 5.41) is 5.89. The van der Waals surface area contributed by atoms with E-state index in [-0.39, 0.29) is 18.0 Å². The Morgan fingerprint density at radius 2 is 2.28 bits per heavy atom. The van der Waals surface area contributed by atoms with Crippen molar-refractivity contribution in [3.05, 3.63) is 35.4 Å². The molecule has 6 nitrogen and oxygen atoms in total. The lowest BCUT2D eigenvalue weighted by Crippen LogP contribution is -2.43. The van der Waals surface area contributed by atoms with Gasteiger partial charge in [0.25, 0.3) is 5.91 Å². The molecular formula is C19H25N3O3. The molecule has 2 aliphatic rings. The molecule has 0 fully saturated rings. The predicted octanol–water partition coefficient (Wildman–Crippen LogP) is 3.22. The third kappa shape index (κ3) is 3.78. The van der Waals surface area contributed by atoms with E-state index in [1.807, 2.05) is 36.9 Å². The van der Waals surface area contributed by atoms with Crippen molar-refractivity contribution >= 4 is 17.6 Å². The van der Waals surface area contributed by atoms with Gasteiger partial charge < -0.3 is 20.3 Å². The van der Waals surface area contributed by atoms with Crippen LogP contribution in [-0.4, -0.2) is 36.0 Å². The van der Waals surface area contributed by atoms with Gasteiger partial charge in [0.05, 0.1) is 11.7 Å². The normalized spacial score (nSPS) is 20.8. The summed E-state index contributed by atoms with van der Waals surface area (Å²) in [5.74, 6) is 0.541. The van der Waals surface area contributed by atoms with Gasteiger partial charge in [0.2, 0.25) is 0 Å². The van der Waals surface area contributed by atoms with Crippen molar-refractivity contribution in [1.29, 1.82) is 0 Å². The number of nitrogens with zero attached hydrogens (tertiary/aromatic N) is 1. The van der Waals surface area contributed by atoms with Crippen LogP contribution >= 0.6 is 0 Å². The van der Waals surface area contributed by atoms with Gasteiger partial charge in [-0.15, -0.1) is 0 Å². The predicted molar refractivity (Wildman–Crippen MR) is 96.7 cm³/mol. The molecule has 0 saturated heterocycles. The number of hydrogen-bond donors (Lipinski definition) is 2. The summed E-state index contributed by atoms with van der Waals surface area (Å²) < 4.78 is 5.77. The summed E-state index contributed by atoms with van der Waals surface area (Å²) in [6, 6.07) is 5.41. The van der Waals surface area contributed by atoms with Crippen molar-refractivity contribution in [2.75, 3.05) is 18.4 Å². The molecule has 25 heavy (non-hydrogen) atoms. The van der Waals surface area contributed by atoms with E-state index in [9.17, 15) is 9.59 Å². The van der Waals surface area contributed by atoms with E-state index < -0.39 is 6.10 Å². The van der Waals surface area contributed by atoms with Crippen molar-refractivity contribution in [1.82, 2.24) is 10.2 Å². The number of amides is 3. The number of nitrogens with one attached hydrogen (secondary N) is 2. The maximum absolute atomic E-state index is 12.4. The van der Waals surface area contributed by atoms with Crippen molar-refractivity contribution in [2.45, 2.75) is 45.8 Å². The summed E-state index contributed by atoms with van der Waals surface area (Å²) in [6.07, 6.45) is 3.17. The SMILES string of the molecule is CC[C@H]1Oc2cc([C@@H](C)NC(=O)N3CC=C(C)CC3)ccc2NC1=O. The second-order valence-corrected chi connectivity index (χ2v) is 6.68. The average Bonchev–Trinajstić information content (AvgIpc) is 2.61. The first-order valence-electron chi connectivity index (χ1n) is 8.80. The lowest BCUT2D eigenvalue weighted by Gasteiger charge is -2.28. The summed E-state index contributed by atoms with van der Waals surface area (Å²) >= 11 is 0. The van der Waals surface area contributed by atoms with Crippen LogP contribution < -0.4 is 15.4 Å². The largest absolute Gasteiger partial charge is 0.478 e. The zero-order valence-corrected chi connectivity index (χ0v) is 15.0. The first-order chi connectivity index (χ1) is 12.0. The van der Waals surface area contributed by atoms with Crippen molar-refractivity contribution in [3.63, 3.8) is 0 Å². The van der Waals surface area contributed by atoms with Crippen LogP contribution in [0.3, 0.4) is 0 Å². The van der Waals surface area contributed by atoms with E-state index in [1.54, 1.807) is 0 Å². The lowest BCUT2D eigenvalue weighted by molar-refractivity contribution is -0.123. The quantitative estimate of drug-likeness (QED) is 0.828. The molecule has 0 aromatic heterocycles. The number of hydrogen-bond acceptors (Lipinski definition) is 3. The molecule has 0 saturated carbocycles. The minimum Gasteiger partial charge on any atom is -0.478 e. The second-order valence-electron chi connectivity index (χ2n) is 6.68. The topological polar surface area (TPSA) is 70.7 Å². The van der Waals surface area contributed by atoms with Crippen molar-refractivity contribution in [3.8, 4) is 5.75 Å². The van der Waals surface area contributed by atoms with Gasteiger partial charge in [-0.1, -0.05) is 24.6 Å². The fourth-order valence-electron chi connectivity index (χ4n) is 3.01. The highest BCUT2D eigenvalue weighted by atomic mass is 16.5. The van der Waals surface area contributed by atoms with E-state index in [0.717, 1.165) is 18.5 Å². The van der Waals surface area contributed by atoms with Crippen LogP contribution in [0.5, 0.6) is 5.75 Å². The molecule has 2 N–H and O–H groups in total. The molecule has 2 atom stereocenters. The minimum atomic E-state index is -0.462. The van der Waals surface area contributed by atoms with Gasteiger partial charge in [0.15, 0.2) is 6.10 Å². The van der Waals surface area contributed by atoms with Gasteiger partial charge in [0.1, 0.15) is 5.75 Å². The molecule has 2 aliphatic heterocycles. The van der Waals surface area contributed by atoms with Crippen LogP contribution in [0, 0.1) is 0 Å². The molecule has 1 aromatic rings. The van der Waals surface area contributed by atoms with Crippen LogP contribution in [0.1, 0.15) is 45.2 Å². The Bertz CT molecular complexity index is 714. The number of ether oxygens (including phenoxy) is 1. The first-order valence-corrected chi connectivity index (χ1v) is 8.80. The highest BCUT2D eigenvalue weighted by molar-refractivity contribution is 5.97. The van der Waals surface area contributed by atoms with E-state index in [2.05, 4.69) is 23.6 Å². The summed E-state index contributed by atoms with van der Waals surface area (Å²) in [5.41, 5.74) is 2.95. The molecular weight excluding hydrogens is 318 g/mol. The number of anilines is 1. The number of urea groups is 1. The maximum Gasteiger partial charge on any atom is 0.318 e. The van der Waals surface area contributed by atoms with Gasteiger partial charge >= 0.3 is 6.03 Å². The maximum atomic E-state index is 12.4. The summed E-state index contributed by atoms with van der Waals surface area (Å²) in [7, 11) is 0. The fraction of sp³-hybridized carbons (Fsp3) is 0.474. The summed E-state index contributed by atoms with van der Waals surface area (Å²) in [4.78, 5) is 26.1. The van der Waals surface area contributed by atoms with Crippen LogP contribution in [0.25, 0.3) is 0 Å². The molecule has 0 radical (unpaired) electrons. The fourth-order valence-corrected chi connectivity index (χ4v) is 3.01. The smallest absolute Gasteiger partial charge is 0.318 e. The Kier molecular flexibility index (Phi) is 4.97. The van der Waals surface area contributed by atoms with Gasteiger partial charge in [-0.2, -0.15) is 0 Å². The van der Waals surface area contributed by atoms with Gasteiger partial charge in [0, 0.05) is 13.1 Å². The van der Waals surface area contributed by atoms with Crippen molar-refractivity contribution in [2.24, 2.45) is 0 Å². The van der Waals surface area contributed by atoms with Gasteiger partial charge in [-0.25, -0.2) is 4.79 Å². The molecule has 3 rings (SSSR count). The molecule has 0 spiro atoms. The standard InChI is InChI=1S/C19H25N3O3/c1-4-16-18(23)21-15-6-5-14(11-17(15)25-16)13(3)20-19(24)22-9-7-12(2)8-10-22/h5-7,11,13,16H,4,8-10H2,1-3H3,(H,20,24)(H,21,23)/t13-,16-/m1/s1. The van der Waals surface area contributed by atoms with E-state index in [4.69, 9.17) is 4.74 Å². The van der Waals surface area contributed by atoms with Gasteiger partial charge in [-0.3, -0.25) is 4.79 Å². The second kappa shape index (κ2) is 7.17. The Morgan fingerprint density at radius 3 is 2.96 bits per heavy atom. The van der Waals surface area contributed by atoms with E-state index in [1.165, 1.54) is 5.57 Å². The zero-order valence-electron chi connectivity index (χ0n) is 15.0. The van der Waals surface area contributed by atoms with Crippen LogP contribution in [0.15, 0.2) is 29.8 Å². The van der Waals surface area contributed by atoms with E-state index >= 15 is 0 Å². The molecule has 2 heterocycles. The number of fused-ring (bicyclic) bond motifs is 1. The lowest BCUT2D eigenvalue weighted by atomic mass is 10.1. The third-order valence-corrected chi connectivity index (χ3v) is 4.76. The van der Waals surface area contributed by atoms with E-state index in [0.29, 0.717) is 24.4 Å². The number of carbonyl (C=O) groups is 2.